The van der Waals surface area contributed by atoms with Gasteiger partial charge in [-0.15, -0.1) is 0 Å². The molecule has 0 aromatic heterocycles. The molecule has 0 spiro atoms. The first-order chi connectivity index (χ1) is 11.9. The van der Waals surface area contributed by atoms with Gasteiger partial charge >= 0.3 is 0 Å². The number of nitrogens with zero attached hydrogens (tertiary/aromatic N) is 1. The van der Waals surface area contributed by atoms with E-state index in [1.54, 1.807) is 30.3 Å². The van der Waals surface area contributed by atoms with Crippen LogP contribution in [0.2, 0.25) is 10.0 Å². The van der Waals surface area contributed by atoms with Crippen molar-refractivity contribution in [3.05, 3.63) is 58.1 Å². The molecule has 5 nitrogen and oxygen atoms in total. The first kappa shape index (κ1) is 18.0. The van der Waals surface area contributed by atoms with E-state index in [0.717, 1.165) is 6.42 Å². The molecule has 132 valence electrons. The minimum absolute atomic E-state index is 0.0827. The number of benzene rings is 2. The van der Waals surface area contributed by atoms with Crippen LogP contribution in [0.5, 0.6) is 0 Å². The number of sulfonamides is 1. The highest BCUT2D eigenvalue weighted by atomic mass is 35.5. The zero-order valence-electron chi connectivity index (χ0n) is 13.2. The average molecular weight is 399 g/mol. The van der Waals surface area contributed by atoms with Crippen molar-refractivity contribution in [2.24, 2.45) is 0 Å². The van der Waals surface area contributed by atoms with E-state index in [0.29, 0.717) is 39.9 Å². The first-order valence-electron chi connectivity index (χ1n) is 7.74. The average Bonchev–Trinajstić information content (AvgIpc) is 2.57. The summed E-state index contributed by atoms with van der Waals surface area (Å²) in [5.74, 6) is -0.306. The highest BCUT2D eigenvalue weighted by Gasteiger charge is 2.28. The highest BCUT2D eigenvalue weighted by Crippen LogP contribution is 2.32. The summed E-state index contributed by atoms with van der Waals surface area (Å²) in [4.78, 5) is 12.5. The van der Waals surface area contributed by atoms with Crippen LogP contribution in [0, 0.1) is 0 Å². The minimum Gasteiger partial charge on any atom is -0.321 e. The van der Waals surface area contributed by atoms with E-state index in [1.165, 1.54) is 16.4 Å². The molecule has 2 aromatic carbocycles. The summed E-state index contributed by atoms with van der Waals surface area (Å²) >= 11 is 12.2. The fourth-order valence-corrected chi connectivity index (χ4v) is 4.76. The molecular weight excluding hydrogens is 383 g/mol. The molecule has 1 fully saturated rings. The Bertz CT molecular complexity index is 916. The molecule has 0 bridgehead atoms. The van der Waals surface area contributed by atoms with E-state index >= 15 is 0 Å². The lowest BCUT2D eigenvalue weighted by Gasteiger charge is -2.29. The summed E-state index contributed by atoms with van der Waals surface area (Å²) in [5.41, 5.74) is 1.12. The van der Waals surface area contributed by atoms with Gasteiger partial charge in [0.05, 0.1) is 27.2 Å². The summed E-state index contributed by atoms with van der Waals surface area (Å²) in [6.07, 6.45) is 1.38. The molecule has 1 saturated heterocycles. The lowest BCUT2D eigenvalue weighted by atomic mass is 10.1. The molecule has 1 heterocycles. The number of hydrogen-bond acceptors (Lipinski definition) is 3. The molecule has 3 rings (SSSR count). The Labute approximate surface area is 156 Å². The maximum absolute atomic E-state index is 12.5. The van der Waals surface area contributed by atoms with E-state index in [9.17, 15) is 13.2 Å². The third-order valence-electron chi connectivity index (χ3n) is 3.95. The van der Waals surface area contributed by atoms with E-state index in [2.05, 4.69) is 5.32 Å². The van der Waals surface area contributed by atoms with Crippen molar-refractivity contribution < 1.29 is 13.2 Å². The monoisotopic (exact) mass is 398 g/mol. The maximum Gasteiger partial charge on any atom is 0.255 e. The second kappa shape index (κ2) is 7.23. The summed E-state index contributed by atoms with van der Waals surface area (Å²) in [7, 11) is -3.41. The lowest BCUT2D eigenvalue weighted by Crippen LogP contribution is -2.38. The molecule has 25 heavy (non-hydrogen) atoms. The van der Waals surface area contributed by atoms with Crippen LogP contribution in [-0.2, 0) is 10.0 Å². The largest absolute Gasteiger partial charge is 0.321 e. The smallest absolute Gasteiger partial charge is 0.255 e. The highest BCUT2D eigenvalue weighted by molar-refractivity contribution is 7.92. The minimum atomic E-state index is -3.41. The van der Waals surface area contributed by atoms with Crippen molar-refractivity contribution in [1.82, 2.24) is 0 Å². The van der Waals surface area contributed by atoms with E-state index in [-0.39, 0.29) is 11.7 Å². The van der Waals surface area contributed by atoms with Crippen molar-refractivity contribution in [3.63, 3.8) is 0 Å². The van der Waals surface area contributed by atoms with Gasteiger partial charge in [0.25, 0.3) is 5.91 Å². The predicted octanol–water partition coefficient (Wildman–Crippen LogP) is 4.18. The predicted molar refractivity (Wildman–Crippen MR) is 101 cm³/mol. The summed E-state index contributed by atoms with van der Waals surface area (Å²) < 4.78 is 25.9. The molecule has 0 radical (unpaired) electrons. The van der Waals surface area contributed by atoms with E-state index in [1.807, 2.05) is 0 Å². The van der Waals surface area contributed by atoms with Crippen LogP contribution >= 0.6 is 23.2 Å². The quantitative estimate of drug-likeness (QED) is 0.842. The fraction of sp³-hybridized carbons (Fsp3) is 0.235. The van der Waals surface area contributed by atoms with Gasteiger partial charge in [0.1, 0.15) is 0 Å². The van der Waals surface area contributed by atoms with Gasteiger partial charge in [-0.2, -0.15) is 0 Å². The normalized spacial score (nSPS) is 16.5. The van der Waals surface area contributed by atoms with Crippen LogP contribution in [0.15, 0.2) is 42.5 Å². The van der Waals surface area contributed by atoms with Crippen LogP contribution in [0.3, 0.4) is 0 Å². The number of para-hydroxylation sites is 1. The van der Waals surface area contributed by atoms with Crippen molar-refractivity contribution in [2.75, 3.05) is 21.9 Å². The second-order valence-corrected chi connectivity index (χ2v) is 8.52. The molecule has 0 saturated carbocycles. The van der Waals surface area contributed by atoms with Gasteiger partial charge in [-0.3, -0.25) is 9.10 Å². The molecule has 0 aliphatic carbocycles. The van der Waals surface area contributed by atoms with Gasteiger partial charge in [0, 0.05) is 12.1 Å². The van der Waals surface area contributed by atoms with Crippen LogP contribution < -0.4 is 9.62 Å². The summed E-state index contributed by atoms with van der Waals surface area (Å²) in [6.45, 7) is 0.359. The van der Waals surface area contributed by atoms with Gasteiger partial charge in [0.15, 0.2) is 0 Å². The molecule has 1 amide bonds. The van der Waals surface area contributed by atoms with Gasteiger partial charge in [-0.1, -0.05) is 35.3 Å². The molecule has 8 heteroatoms. The molecule has 0 atom stereocenters. The number of anilines is 2. The Hall–Kier alpha value is -1.76. The number of carbonyl (C=O) groups is 1. The number of hydrogen-bond donors (Lipinski definition) is 1. The topological polar surface area (TPSA) is 66.5 Å². The Morgan fingerprint density at radius 1 is 1.04 bits per heavy atom. The number of nitrogens with one attached hydrogen (secondary N) is 1. The van der Waals surface area contributed by atoms with Crippen molar-refractivity contribution in [1.29, 1.82) is 0 Å². The van der Waals surface area contributed by atoms with Crippen LogP contribution in [0.4, 0.5) is 11.4 Å². The van der Waals surface area contributed by atoms with Crippen molar-refractivity contribution >= 4 is 50.5 Å². The molecular formula is C17H16Cl2N2O3S. The van der Waals surface area contributed by atoms with Gasteiger partial charge in [-0.05, 0) is 43.2 Å². The van der Waals surface area contributed by atoms with Gasteiger partial charge in [-0.25, -0.2) is 8.42 Å². The van der Waals surface area contributed by atoms with Gasteiger partial charge in [0.2, 0.25) is 10.0 Å². The molecule has 2 aromatic rings. The third-order valence-corrected chi connectivity index (χ3v) is 6.45. The van der Waals surface area contributed by atoms with Gasteiger partial charge < -0.3 is 5.32 Å². The number of halogens is 2. The van der Waals surface area contributed by atoms with Crippen LogP contribution in [0.1, 0.15) is 23.2 Å². The Balaban J connectivity index is 1.91. The lowest BCUT2D eigenvalue weighted by molar-refractivity contribution is 0.102. The Morgan fingerprint density at radius 3 is 2.52 bits per heavy atom. The summed E-state index contributed by atoms with van der Waals surface area (Å²) in [6, 6.07) is 11.5. The fourth-order valence-electron chi connectivity index (χ4n) is 2.66. The Morgan fingerprint density at radius 2 is 1.80 bits per heavy atom. The van der Waals surface area contributed by atoms with Crippen molar-refractivity contribution in [2.45, 2.75) is 12.8 Å². The molecule has 0 unspecified atom stereocenters. The molecule has 1 N–H and O–H groups in total. The van der Waals surface area contributed by atoms with E-state index < -0.39 is 10.0 Å². The standard InChI is InChI=1S/C17H16Cl2N2O3S/c18-13-5-1-2-6-15(13)20-17(22)12-7-8-14(19)16(11-12)21-9-3-4-10-25(21,23)24/h1-2,5-8,11H,3-4,9-10H2,(H,20,22). The Kier molecular flexibility index (Phi) is 5.22. The third kappa shape index (κ3) is 3.92. The zero-order chi connectivity index (χ0) is 18.0. The first-order valence-corrected chi connectivity index (χ1v) is 10.1. The molecule has 1 aliphatic heterocycles. The SMILES string of the molecule is O=C(Nc1ccccc1Cl)c1ccc(Cl)c(N2CCCCS2(=O)=O)c1. The second-order valence-electron chi connectivity index (χ2n) is 5.70. The number of carbonyl (C=O) groups excluding carboxylic acids is 1. The van der Waals surface area contributed by atoms with Crippen molar-refractivity contribution in [3.8, 4) is 0 Å². The number of amides is 1. The van der Waals surface area contributed by atoms with Crippen LogP contribution in [0.25, 0.3) is 0 Å². The summed E-state index contributed by atoms with van der Waals surface area (Å²) in [5, 5.41) is 3.43. The van der Waals surface area contributed by atoms with E-state index in [4.69, 9.17) is 23.2 Å². The zero-order valence-corrected chi connectivity index (χ0v) is 15.5. The maximum atomic E-state index is 12.5. The van der Waals surface area contributed by atoms with Crippen LogP contribution in [-0.4, -0.2) is 26.6 Å². The number of rotatable bonds is 3. The molecule has 1 aliphatic rings.